The molecule has 1 aromatic heterocycles. The molecule has 0 aromatic carbocycles. The zero-order valence-corrected chi connectivity index (χ0v) is 14.8. The van der Waals surface area contributed by atoms with Crippen molar-refractivity contribution in [2.24, 2.45) is 11.8 Å². The number of hydrogen-bond donors (Lipinski definition) is 2. The highest BCUT2D eigenvalue weighted by Crippen LogP contribution is 2.29. The number of allylic oxidation sites excluding steroid dienone is 2. The fourth-order valence-corrected chi connectivity index (χ4v) is 3.31. The Morgan fingerprint density at radius 3 is 2.56 bits per heavy atom. The molecule has 2 amide bonds. The average Bonchev–Trinajstić information content (AvgIpc) is 3.10. The van der Waals surface area contributed by atoms with Gasteiger partial charge in [-0.3, -0.25) is 14.7 Å². The second-order valence-corrected chi connectivity index (χ2v) is 6.95. The van der Waals surface area contributed by atoms with Gasteiger partial charge in [0.05, 0.1) is 25.0 Å². The Labute approximate surface area is 147 Å². The predicted octanol–water partition coefficient (Wildman–Crippen LogP) is 1.91. The van der Waals surface area contributed by atoms with Gasteiger partial charge >= 0.3 is 0 Å². The molecule has 7 heteroatoms. The normalized spacial score (nSPS) is 23.7. The van der Waals surface area contributed by atoms with Crippen molar-refractivity contribution >= 4 is 17.6 Å². The Balaban J connectivity index is 1.68. The van der Waals surface area contributed by atoms with Gasteiger partial charge in [-0.2, -0.15) is 5.10 Å². The van der Waals surface area contributed by atoms with E-state index in [1.54, 1.807) is 0 Å². The summed E-state index contributed by atoms with van der Waals surface area (Å²) in [4.78, 5) is 27.4. The van der Waals surface area contributed by atoms with E-state index in [9.17, 15) is 9.59 Å². The molecular formula is C18H26N4O3. The zero-order chi connectivity index (χ0) is 17.8. The van der Waals surface area contributed by atoms with Crippen LogP contribution in [0.2, 0.25) is 0 Å². The first-order chi connectivity index (χ1) is 12.1. The van der Waals surface area contributed by atoms with Gasteiger partial charge in [-0.1, -0.05) is 26.0 Å². The average molecular weight is 346 g/mol. The van der Waals surface area contributed by atoms with Gasteiger partial charge in [0.1, 0.15) is 0 Å². The summed E-state index contributed by atoms with van der Waals surface area (Å²) in [6, 6.07) is 1.85. The lowest BCUT2D eigenvalue weighted by atomic mass is 9.81. The van der Waals surface area contributed by atoms with Gasteiger partial charge in [0.25, 0.3) is 0 Å². The second-order valence-electron chi connectivity index (χ2n) is 6.95. The number of anilines is 1. The number of nitrogens with zero attached hydrogens (tertiary/aromatic N) is 2. The first-order valence-electron chi connectivity index (χ1n) is 8.94. The first-order valence-corrected chi connectivity index (χ1v) is 8.94. The molecule has 7 nitrogen and oxygen atoms in total. The van der Waals surface area contributed by atoms with Gasteiger partial charge in [-0.25, -0.2) is 0 Å². The number of amides is 2. The van der Waals surface area contributed by atoms with Crippen LogP contribution in [0, 0.1) is 11.8 Å². The van der Waals surface area contributed by atoms with Crippen LogP contribution in [0.15, 0.2) is 18.2 Å². The van der Waals surface area contributed by atoms with Gasteiger partial charge in [0, 0.05) is 24.8 Å². The highest BCUT2D eigenvalue weighted by Gasteiger charge is 2.37. The number of aromatic amines is 1. The molecule has 0 spiro atoms. The number of nitrogens with one attached hydrogen (secondary N) is 2. The van der Waals surface area contributed by atoms with Crippen molar-refractivity contribution in [1.82, 2.24) is 15.1 Å². The van der Waals surface area contributed by atoms with E-state index in [2.05, 4.69) is 29.4 Å². The molecule has 1 aromatic rings. The fourth-order valence-electron chi connectivity index (χ4n) is 3.31. The van der Waals surface area contributed by atoms with E-state index in [4.69, 9.17) is 4.74 Å². The number of rotatable bonds is 4. The van der Waals surface area contributed by atoms with Crippen LogP contribution in [0.5, 0.6) is 0 Å². The second kappa shape index (κ2) is 7.82. The molecule has 1 saturated heterocycles. The van der Waals surface area contributed by atoms with Crippen molar-refractivity contribution in [3.8, 4) is 0 Å². The molecule has 0 bridgehead atoms. The topological polar surface area (TPSA) is 87.3 Å². The summed E-state index contributed by atoms with van der Waals surface area (Å²) < 4.78 is 5.31. The Kier molecular flexibility index (Phi) is 5.53. The minimum atomic E-state index is -0.362. The van der Waals surface area contributed by atoms with E-state index >= 15 is 0 Å². The number of morpholine rings is 1. The highest BCUT2D eigenvalue weighted by atomic mass is 16.5. The van der Waals surface area contributed by atoms with Crippen molar-refractivity contribution in [3.63, 3.8) is 0 Å². The number of hydrogen-bond acceptors (Lipinski definition) is 4. The predicted molar refractivity (Wildman–Crippen MR) is 94.1 cm³/mol. The van der Waals surface area contributed by atoms with Crippen molar-refractivity contribution in [3.05, 3.63) is 23.9 Å². The lowest BCUT2D eigenvalue weighted by Gasteiger charge is -2.34. The summed E-state index contributed by atoms with van der Waals surface area (Å²) in [5, 5.41) is 9.94. The molecule has 2 aliphatic rings. The molecular weight excluding hydrogens is 320 g/mol. The van der Waals surface area contributed by atoms with Crippen LogP contribution in [0.3, 0.4) is 0 Å². The minimum absolute atomic E-state index is 0.0534. The third-order valence-corrected chi connectivity index (χ3v) is 4.88. The summed E-state index contributed by atoms with van der Waals surface area (Å²) in [5.74, 6) is 0.0638. The van der Waals surface area contributed by atoms with Crippen LogP contribution in [-0.2, 0) is 14.3 Å². The minimum Gasteiger partial charge on any atom is -0.378 e. The molecule has 0 unspecified atom stereocenters. The molecule has 1 aliphatic carbocycles. The SMILES string of the molecule is CC(C)c1cc(NC(=O)[C@@H]2CC=CC[C@H]2C(=O)N2CCOCC2)n[nH]1. The number of carbonyl (C=O) groups is 2. The maximum atomic E-state index is 12.8. The lowest BCUT2D eigenvalue weighted by Crippen LogP contribution is -2.47. The third-order valence-electron chi connectivity index (χ3n) is 4.88. The van der Waals surface area contributed by atoms with E-state index < -0.39 is 0 Å². The number of H-pyrrole nitrogens is 1. The van der Waals surface area contributed by atoms with Gasteiger partial charge in [-0.15, -0.1) is 0 Å². The number of ether oxygens (including phenoxy) is 1. The summed E-state index contributed by atoms with van der Waals surface area (Å²) >= 11 is 0. The van der Waals surface area contributed by atoms with E-state index in [0.29, 0.717) is 50.9 Å². The van der Waals surface area contributed by atoms with E-state index in [1.807, 2.05) is 23.1 Å². The molecule has 1 fully saturated rings. The first kappa shape index (κ1) is 17.7. The van der Waals surface area contributed by atoms with Gasteiger partial charge in [-0.05, 0) is 18.8 Å². The van der Waals surface area contributed by atoms with Crippen LogP contribution >= 0.6 is 0 Å². The van der Waals surface area contributed by atoms with Crippen LogP contribution < -0.4 is 5.32 Å². The van der Waals surface area contributed by atoms with Crippen LogP contribution in [-0.4, -0.2) is 53.2 Å². The van der Waals surface area contributed by atoms with Gasteiger partial charge < -0.3 is 15.0 Å². The van der Waals surface area contributed by atoms with Crippen LogP contribution in [0.1, 0.15) is 38.3 Å². The molecule has 1 aliphatic heterocycles. The quantitative estimate of drug-likeness (QED) is 0.815. The van der Waals surface area contributed by atoms with E-state index in [0.717, 1.165) is 5.69 Å². The Hall–Kier alpha value is -2.15. The van der Waals surface area contributed by atoms with E-state index in [-0.39, 0.29) is 23.7 Å². The zero-order valence-electron chi connectivity index (χ0n) is 14.8. The lowest BCUT2D eigenvalue weighted by molar-refractivity contribution is -0.144. The van der Waals surface area contributed by atoms with Crippen molar-refractivity contribution < 1.29 is 14.3 Å². The molecule has 0 radical (unpaired) electrons. The fraction of sp³-hybridized carbons (Fsp3) is 0.611. The van der Waals surface area contributed by atoms with Crippen molar-refractivity contribution in [1.29, 1.82) is 0 Å². The molecule has 0 saturated carbocycles. The van der Waals surface area contributed by atoms with E-state index in [1.165, 1.54) is 0 Å². The Bertz CT molecular complexity index is 647. The number of carbonyl (C=O) groups excluding carboxylic acids is 2. The molecule has 3 rings (SSSR count). The van der Waals surface area contributed by atoms with Crippen molar-refractivity contribution in [2.75, 3.05) is 31.6 Å². The molecule has 2 atom stereocenters. The number of aromatic nitrogens is 2. The standard InChI is InChI=1S/C18H26N4O3/c1-12(2)15-11-16(21-20-15)19-17(23)13-5-3-4-6-14(13)18(24)22-7-9-25-10-8-22/h3-4,11-14H,5-10H2,1-2H3,(H2,19,20,21,23)/t13-,14-/m1/s1. The molecule has 25 heavy (non-hydrogen) atoms. The third kappa shape index (κ3) is 4.10. The van der Waals surface area contributed by atoms with Crippen LogP contribution in [0.25, 0.3) is 0 Å². The monoisotopic (exact) mass is 346 g/mol. The Morgan fingerprint density at radius 1 is 1.24 bits per heavy atom. The van der Waals surface area contributed by atoms with Gasteiger partial charge in [0.2, 0.25) is 11.8 Å². The summed E-state index contributed by atoms with van der Waals surface area (Å²) in [6.07, 6.45) is 5.16. The molecule has 2 N–H and O–H groups in total. The highest BCUT2D eigenvalue weighted by molar-refractivity contribution is 5.95. The molecule has 136 valence electrons. The smallest absolute Gasteiger partial charge is 0.229 e. The summed E-state index contributed by atoms with van der Waals surface area (Å²) in [5.41, 5.74) is 0.972. The summed E-state index contributed by atoms with van der Waals surface area (Å²) in [6.45, 7) is 6.45. The molecule has 2 heterocycles. The largest absolute Gasteiger partial charge is 0.378 e. The van der Waals surface area contributed by atoms with Gasteiger partial charge in [0.15, 0.2) is 5.82 Å². The Morgan fingerprint density at radius 2 is 1.92 bits per heavy atom. The maximum Gasteiger partial charge on any atom is 0.229 e. The maximum absolute atomic E-state index is 12.8. The van der Waals surface area contributed by atoms with Crippen LogP contribution in [0.4, 0.5) is 5.82 Å². The van der Waals surface area contributed by atoms with Crippen molar-refractivity contribution in [2.45, 2.75) is 32.6 Å². The summed E-state index contributed by atoms with van der Waals surface area (Å²) in [7, 11) is 0.